The van der Waals surface area contributed by atoms with Crippen molar-refractivity contribution in [2.45, 2.75) is 13.5 Å². The molecule has 11 heteroatoms. The molecule has 0 aliphatic rings. The monoisotopic (exact) mass is 570 g/mol. The number of hydrogen-bond donors (Lipinski definition) is 1. The first-order chi connectivity index (χ1) is 19.2. The molecule has 0 radical (unpaired) electrons. The second-order valence-electron chi connectivity index (χ2n) is 9.30. The molecule has 0 unspecified atom stereocenters. The summed E-state index contributed by atoms with van der Waals surface area (Å²) in [4.78, 5) is 31.9. The Labute approximate surface area is 235 Å². The Hall–Kier alpha value is -4.78. The second kappa shape index (κ2) is 9.75. The van der Waals surface area contributed by atoms with Crippen LogP contribution < -0.4 is 11.2 Å². The van der Waals surface area contributed by atoms with Gasteiger partial charge in [0.2, 0.25) is 0 Å². The highest BCUT2D eigenvalue weighted by Crippen LogP contribution is 2.35. The highest BCUT2D eigenvalue weighted by atomic mass is 35.5. The first kappa shape index (κ1) is 25.5. The van der Waals surface area contributed by atoms with Gasteiger partial charge in [-0.15, -0.1) is 0 Å². The van der Waals surface area contributed by atoms with Crippen LogP contribution in [0.15, 0.2) is 76.7 Å². The zero-order valence-electron chi connectivity index (χ0n) is 20.7. The van der Waals surface area contributed by atoms with E-state index in [0.29, 0.717) is 21.7 Å². The van der Waals surface area contributed by atoms with Crippen molar-refractivity contribution in [3.63, 3.8) is 0 Å². The van der Waals surface area contributed by atoms with E-state index in [-0.39, 0.29) is 33.7 Å². The van der Waals surface area contributed by atoms with Gasteiger partial charge in [0.05, 0.1) is 56.7 Å². The zero-order valence-corrected chi connectivity index (χ0v) is 22.3. The van der Waals surface area contributed by atoms with Gasteiger partial charge in [-0.2, -0.15) is 10.4 Å². The molecule has 6 aromatic rings. The lowest BCUT2D eigenvalue weighted by molar-refractivity contribution is 0.621. The number of nitrogens with one attached hydrogen (secondary N) is 1. The summed E-state index contributed by atoms with van der Waals surface area (Å²) in [5.41, 5.74) is 2.26. The van der Waals surface area contributed by atoms with E-state index in [0.717, 1.165) is 21.0 Å². The summed E-state index contributed by atoms with van der Waals surface area (Å²) in [5.74, 6) is -0.672. The fraction of sp³-hybridized carbons (Fsp3) is 0.0690. The van der Waals surface area contributed by atoms with Gasteiger partial charge in [0.1, 0.15) is 11.9 Å². The van der Waals surface area contributed by atoms with Gasteiger partial charge in [-0.1, -0.05) is 29.3 Å². The first-order valence-corrected chi connectivity index (χ1v) is 12.7. The van der Waals surface area contributed by atoms with Gasteiger partial charge in [-0.3, -0.25) is 19.4 Å². The van der Waals surface area contributed by atoms with Crippen LogP contribution in [0.5, 0.6) is 0 Å². The number of pyridine rings is 1. The van der Waals surface area contributed by atoms with E-state index < -0.39 is 17.1 Å². The molecule has 0 saturated carbocycles. The van der Waals surface area contributed by atoms with Crippen molar-refractivity contribution in [3.05, 3.63) is 121 Å². The summed E-state index contributed by atoms with van der Waals surface area (Å²) in [6.07, 6.45) is 4.68. The number of aromatic amines is 1. The minimum atomic E-state index is -0.672. The lowest BCUT2D eigenvalue weighted by Crippen LogP contribution is -2.39. The molecule has 0 amide bonds. The number of hydrogen-bond acceptors (Lipinski definition) is 5. The summed E-state index contributed by atoms with van der Waals surface area (Å²) in [6.45, 7) is 1.72. The molecular weight excluding hydrogens is 554 g/mol. The highest BCUT2D eigenvalue weighted by molar-refractivity contribution is 6.36. The number of fused-ring (bicyclic) bond motifs is 2. The van der Waals surface area contributed by atoms with Gasteiger partial charge >= 0.3 is 5.69 Å². The van der Waals surface area contributed by atoms with Crippen LogP contribution >= 0.6 is 23.2 Å². The Morgan fingerprint density at radius 1 is 1.02 bits per heavy atom. The molecule has 196 valence electrons. The number of aryl methyl sites for hydroxylation is 1. The number of halogens is 3. The molecule has 0 fully saturated rings. The van der Waals surface area contributed by atoms with Crippen molar-refractivity contribution in [2.24, 2.45) is 0 Å². The topological polar surface area (TPSA) is 109 Å². The Balaban J connectivity index is 1.68. The lowest BCUT2D eigenvalue weighted by Gasteiger charge is -2.17. The third-order valence-electron chi connectivity index (χ3n) is 6.65. The molecule has 3 aromatic carbocycles. The maximum atomic E-state index is 14.1. The largest absolute Gasteiger partial charge is 0.336 e. The SMILES string of the molecule is Cc1cncc(-n2c(=O)c3c(Cl)cc(-c4cc5cn[nH]c5cc4Cl)cc3n(Cc3ccc(F)c(C#N)c3)c2=O)c1. The van der Waals surface area contributed by atoms with Crippen molar-refractivity contribution in [1.29, 1.82) is 5.26 Å². The van der Waals surface area contributed by atoms with Gasteiger partial charge in [0, 0.05) is 17.1 Å². The number of benzene rings is 3. The molecule has 40 heavy (non-hydrogen) atoms. The third-order valence-corrected chi connectivity index (χ3v) is 7.26. The molecular formula is C29H17Cl2FN6O2. The normalized spacial score (nSPS) is 11.3. The standard InChI is InChI=1S/C29H17Cl2FN6O2/c1-15-4-20(13-34-11-15)38-28(39)27-23(31)7-17(21-6-19-12-35-36-25(19)9-22(21)30)8-26(27)37(29(38)40)14-16-2-3-24(32)18(5-16)10-33/h2-9,11-13H,14H2,1H3,(H,35,36). The quantitative estimate of drug-likeness (QED) is 0.289. The fourth-order valence-electron chi connectivity index (χ4n) is 4.76. The van der Waals surface area contributed by atoms with Crippen molar-refractivity contribution in [3.8, 4) is 22.9 Å². The van der Waals surface area contributed by atoms with Crippen LogP contribution in [0.3, 0.4) is 0 Å². The van der Waals surface area contributed by atoms with Crippen LogP contribution in [0.25, 0.3) is 38.6 Å². The van der Waals surface area contributed by atoms with Gasteiger partial charge < -0.3 is 0 Å². The molecule has 3 aromatic heterocycles. The van der Waals surface area contributed by atoms with Gasteiger partial charge in [0.25, 0.3) is 5.56 Å². The summed E-state index contributed by atoms with van der Waals surface area (Å²) >= 11 is 13.4. The van der Waals surface area contributed by atoms with Crippen molar-refractivity contribution in [2.75, 3.05) is 0 Å². The van der Waals surface area contributed by atoms with E-state index in [4.69, 9.17) is 23.2 Å². The van der Waals surface area contributed by atoms with E-state index in [1.807, 2.05) is 12.1 Å². The first-order valence-electron chi connectivity index (χ1n) is 12.0. The summed E-state index contributed by atoms with van der Waals surface area (Å²) in [7, 11) is 0. The van der Waals surface area contributed by atoms with Crippen LogP contribution in [0.4, 0.5) is 4.39 Å². The second-order valence-corrected chi connectivity index (χ2v) is 10.1. The van der Waals surface area contributed by atoms with Gasteiger partial charge in [-0.05, 0) is 66.1 Å². The van der Waals surface area contributed by atoms with E-state index in [2.05, 4.69) is 15.2 Å². The van der Waals surface area contributed by atoms with Crippen molar-refractivity contribution in [1.82, 2.24) is 24.3 Å². The average Bonchev–Trinajstić information content (AvgIpc) is 3.38. The Kier molecular flexibility index (Phi) is 6.22. The van der Waals surface area contributed by atoms with Crippen molar-refractivity contribution >= 4 is 45.0 Å². The molecule has 1 N–H and O–H groups in total. The average molecular weight is 571 g/mol. The molecule has 8 nitrogen and oxygen atoms in total. The maximum absolute atomic E-state index is 14.1. The number of H-pyrrole nitrogens is 1. The van der Waals surface area contributed by atoms with E-state index in [9.17, 15) is 19.2 Å². The predicted octanol–water partition coefficient (Wildman–Crippen LogP) is 5.77. The van der Waals surface area contributed by atoms with Crippen LogP contribution in [0.2, 0.25) is 10.0 Å². The molecule has 0 saturated heterocycles. The van der Waals surface area contributed by atoms with Crippen molar-refractivity contribution < 1.29 is 4.39 Å². The number of nitriles is 1. The molecule has 0 spiro atoms. The third kappa shape index (κ3) is 4.24. The molecule has 0 bridgehead atoms. The van der Waals surface area contributed by atoms with E-state index >= 15 is 0 Å². The Morgan fingerprint density at radius 2 is 1.85 bits per heavy atom. The summed E-state index contributed by atoms with van der Waals surface area (Å²) < 4.78 is 16.4. The number of nitrogens with zero attached hydrogens (tertiary/aromatic N) is 5. The molecule has 0 aliphatic carbocycles. The smallest absolute Gasteiger partial charge is 0.288 e. The minimum Gasteiger partial charge on any atom is -0.288 e. The van der Waals surface area contributed by atoms with Crippen LogP contribution in [0.1, 0.15) is 16.7 Å². The zero-order chi connectivity index (χ0) is 28.1. The van der Waals surface area contributed by atoms with E-state index in [1.54, 1.807) is 43.6 Å². The van der Waals surface area contributed by atoms with Crippen LogP contribution in [0, 0.1) is 24.1 Å². The summed E-state index contributed by atoms with van der Waals surface area (Å²) in [5, 5.41) is 17.7. The number of aromatic nitrogens is 5. The van der Waals surface area contributed by atoms with Gasteiger partial charge in [-0.25, -0.2) is 13.8 Å². The molecule has 3 heterocycles. The minimum absolute atomic E-state index is 0.0713. The Bertz CT molecular complexity index is 2160. The molecule has 0 atom stereocenters. The highest BCUT2D eigenvalue weighted by Gasteiger charge is 2.20. The molecule has 6 rings (SSSR count). The van der Waals surface area contributed by atoms with Gasteiger partial charge in [0.15, 0.2) is 0 Å². The van der Waals surface area contributed by atoms with Crippen LogP contribution in [-0.2, 0) is 6.54 Å². The fourth-order valence-corrected chi connectivity index (χ4v) is 5.33. The predicted molar refractivity (Wildman–Crippen MR) is 152 cm³/mol. The molecule has 0 aliphatic heterocycles. The maximum Gasteiger partial charge on any atom is 0.336 e. The number of rotatable bonds is 4. The Morgan fingerprint density at radius 3 is 2.62 bits per heavy atom. The lowest BCUT2D eigenvalue weighted by atomic mass is 10.0. The van der Waals surface area contributed by atoms with Crippen LogP contribution in [-0.4, -0.2) is 24.3 Å². The summed E-state index contributed by atoms with van der Waals surface area (Å²) in [6, 6.07) is 14.4. The van der Waals surface area contributed by atoms with E-state index in [1.165, 1.54) is 29.0 Å².